The highest BCUT2D eigenvalue weighted by atomic mass is 79.9. The van der Waals surface area contributed by atoms with Crippen molar-refractivity contribution >= 4 is 44.5 Å². The van der Waals surface area contributed by atoms with Gasteiger partial charge in [0.25, 0.3) is 0 Å². The van der Waals surface area contributed by atoms with Crippen LogP contribution in [-0.2, 0) is 22.6 Å². The van der Waals surface area contributed by atoms with E-state index in [1.807, 2.05) is 25.1 Å². The highest BCUT2D eigenvalue weighted by molar-refractivity contribution is 9.10. The van der Waals surface area contributed by atoms with Gasteiger partial charge in [0.1, 0.15) is 23.0 Å². The van der Waals surface area contributed by atoms with Crippen LogP contribution in [0.4, 0.5) is 5.82 Å². The van der Waals surface area contributed by atoms with E-state index in [4.69, 9.17) is 9.84 Å². The van der Waals surface area contributed by atoms with Crippen molar-refractivity contribution in [3.8, 4) is 17.1 Å². The number of hydrogen-bond acceptors (Lipinski definition) is 7. The summed E-state index contributed by atoms with van der Waals surface area (Å²) in [5.41, 5.74) is 3.56. The molecule has 4 aromatic rings. The molecule has 0 unspecified atom stereocenters. The predicted octanol–water partition coefficient (Wildman–Crippen LogP) is 4.24. The number of benzene rings is 1. The van der Waals surface area contributed by atoms with Crippen molar-refractivity contribution < 1.29 is 14.3 Å². The van der Waals surface area contributed by atoms with Crippen LogP contribution in [0.2, 0.25) is 0 Å². The Morgan fingerprint density at radius 1 is 1.15 bits per heavy atom. The maximum atomic E-state index is 13.7. The molecule has 2 amide bonds. The minimum absolute atomic E-state index is 0.0293. The molecule has 1 N–H and O–H groups in total. The fourth-order valence-corrected chi connectivity index (χ4v) is 5.98. The molecule has 10 nitrogen and oxygen atoms in total. The third kappa shape index (κ3) is 4.64. The van der Waals surface area contributed by atoms with Gasteiger partial charge in [-0.05, 0) is 70.4 Å². The largest absolute Gasteiger partial charge is 0.467 e. The van der Waals surface area contributed by atoms with Crippen molar-refractivity contribution in [1.82, 2.24) is 29.6 Å². The number of ether oxygens (including phenoxy) is 1. The molecular formula is C28H28BrN7O3. The topological polar surface area (TPSA) is 115 Å². The van der Waals surface area contributed by atoms with Crippen LogP contribution in [0.25, 0.3) is 22.0 Å². The molecule has 6 rings (SSSR count). The summed E-state index contributed by atoms with van der Waals surface area (Å²) >= 11 is 3.34. The van der Waals surface area contributed by atoms with Gasteiger partial charge in [0, 0.05) is 29.4 Å². The van der Waals surface area contributed by atoms with Gasteiger partial charge >= 0.3 is 6.01 Å². The molecule has 0 bridgehead atoms. The van der Waals surface area contributed by atoms with Crippen LogP contribution in [-0.4, -0.2) is 60.6 Å². The number of carbonyl (C=O) groups is 2. The molecule has 4 heterocycles. The zero-order valence-electron chi connectivity index (χ0n) is 21.9. The summed E-state index contributed by atoms with van der Waals surface area (Å²) in [4.78, 5) is 41.5. The average molecular weight is 590 g/mol. The predicted molar refractivity (Wildman–Crippen MR) is 149 cm³/mol. The van der Waals surface area contributed by atoms with E-state index < -0.39 is 6.04 Å². The van der Waals surface area contributed by atoms with Gasteiger partial charge in [0.2, 0.25) is 11.8 Å². The number of likely N-dealkylation sites (tertiary alicyclic amines) is 1. The molecule has 1 saturated carbocycles. The molecule has 2 aliphatic rings. The van der Waals surface area contributed by atoms with Gasteiger partial charge in [-0.15, -0.1) is 0 Å². The molecule has 39 heavy (non-hydrogen) atoms. The van der Waals surface area contributed by atoms with Crippen LogP contribution in [0, 0.1) is 5.41 Å². The van der Waals surface area contributed by atoms with E-state index >= 15 is 0 Å². The van der Waals surface area contributed by atoms with Gasteiger partial charge < -0.3 is 15.0 Å². The first-order valence-corrected chi connectivity index (χ1v) is 13.7. The lowest BCUT2D eigenvalue weighted by Crippen LogP contribution is -2.46. The Labute approximate surface area is 233 Å². The molecule has 2 fully saturated rings. The third-order valence-corrected chi connectivity index (χ3v) is 8.22. The SMILES string of the molecule is CCc1nn(CC(=O)N2[C@H](C(=O)Nc3cccc(Br)n3)C[C@@]3(C)C[C@@H]23)c2ccc(-c3cnc(OC)nc3)cc12. The van der Waals surface area contributed by atoms with E-state index in [0.29, 0.717) is 22.9 Å². The second-order valence-electron chi connectivity index (χ2n) is 10.4. The van der Waals surface area contributed by atoms with Gasteiger partial charge in [-0.3, -0.25) is 14.3 Å². The number of aryl methyl sites for hydroxylation is 1. The van der Waals surface area contributed by atoms with Crippen LogP contribution in [0.3, 0.4) is 0 Å². The standard InChI is InChI=1S/C28H28BrN7O3/c1-4-19-18-10-16(17-13-30-27(39-3)31-14-17)8-9-20(18)35(34-19)15-25(37)36-21(11-28(2)12-22(28)36)26(38)33-24-7-5-6-23(29)32-24/h5-10,13-14,21-22H,4,11-12,15H2,1-3H3,(H,32,33,38)/t21-,22+,28-/m0/s1. The average Bonchev–Trinajstić information content (AvgIpc) is 3.31. The van der Waals surface area contributed by atoms with Crippen LogP contribution in [0.1, 0.15) is 32.4 Å². The number of anilines is 1. The number of fused-ring (bicyclic) bond motifs is 2. The molecule has 1 aliphatic heterocycles. The van der Waals surface area contributed by atoms with E-state index in [9.17, 15) is 9.59 Å². The zero-order chi connectivity index (χ0) is 27.3. The zero-order valence-corrected chi connectivity index (χ0v) is 23.5. The third-order valence-electron chi connectivity index (χ3n) is 7.78. The first-order chi connectivity index (χ1) is 18.8. The lowest BCUT2D eigenvalue weighted by Gasteiger charge is -2.26. The van der Waals surface area contributed by atoms with Crippen LogP contribution < -0.4 is 10.1 Å². The Hall–Kier alpha value is -3.86. The van der Waals surface area contributed by atoms with E-state index in [1.54, 1.807) is 34.1 Å². The molecule has 3 aromatic heterocycles. The van der Waals surface area contributed by atoms with Crippen molar-refractivity contribution in [3.63, 3.8) is 0 Å². The first-order valence-electron chi connectivity index (χ1n) is 12.9. The number of nitrogens with zero attached hydrogens (tertiary/aromatic N) is 6. The van der Waals surface area contributed by atoms with E-state index in [2.05, 4.69) is 49.2 Å². The number of nitrogens with one attached hydrogen (secondary N) is 1. The monoisotopic (exact) mass is 589 g/mol. The summed E-state index contributed by atoms with van der Waals surface area (Å²) < 4.78 is 7.46. The number of hydrogen-bond donors (Lipinski definition) is 1. The first kappa shape index (κ1) is 25.4. The lowest BCUT2D eigenvalue weighted by molar-refractivity contribution is -0.138. The molecule has 1 aliphatic carbocycles. The summed E-state index contributed by atoms with van der Waals surface area (Å²) in [5.74, 6) is 0.132. The molecule has 0 spiro atoms. The number of amides is 2. The Morgan fingerprint density at radius 3 is 2.67 bits per heavy atom. The summed E-state index contributed by atoms with van der Waals surface area (Å²) in [6.45, 7) is 4.25. The van der Waals surface area contributed by atoms with Crippen molar-refractivity contribution in [2.45, 2.75) is 51.7 Å². The number of methoxy groups -OCH3 is 1. The summed E-state index contributed by atoms with van der Waals surface area (Å²) in [6, 6.07) is 11.2. The maximum absolute atomic E-state index is 13.7. The fourth-order valence-electron chi connectivity index (χ4n) is 5.63. The highest BCUT2D eigenvalue weighted by Gasteiger charge is 2.64. The minimum atomic E-state index is -0.545. The summed E-state index contributed by atoms with van der Waals surface area (Å²) in [7, 11) is 1.53. The highest BCUT2D eigenvalue weighted by Crippen LogP contribution is 2.59. The maximum Gasteiger partial charge on any atom is 0.316 e. The Morgan fingerprint density at radius 2 is 1.95 bits per heavy atom. The van der Waals surface area contributed by atoms with Gasteiger partial charge in [0.15, 0.2) is 0 Å². The lowest BCUT2D eigenvalue weighted by atomic mass is 10.0. The Balaban J connectivity index is 1.25. The number of piperidine rings is 1. The smallest absolute Gasteiger partial charge is 0.316 e. The van der Waals surface area contributed by atoms with Gasteiger partial charge in [-0.25, -0.2) is 15.0 Å². The van der Waals surface area contributed by atoms with Gasteiger partial charge in [-0.2, -0.15) is 5.10 Å². The van der Waals surface area contributed by atoms with Crippen molar-refractivity contribution in [2.75, 3.05) is 12.4 Å². The molecule has 11 heteroatoms. The van der Waals surface area contributed by atoms with E-state index in [-0.39, 0.29) is 29.8 Å². The fraction of sp³-hybridized carbons (Fsp3) is 0.357. The van der Waals surface area contributed by atoms with Crippen LogP contribution in [0.5, 0.6) is 6.01 Å². The van der Waals surface area contributed by atoms with E-state index in [0.717, 1.165) is 40.6 Å². The van der Waals surface area contributed by atoms with E-state index in [1.165, 1.54) is 7.11 Å². The van der Waals surface area contributed by atoms with Crippen molar-refractivity contribution in [2.24, 2.45) is 5.41 Å². The van der Waals surface area contributed by atoms with Gasteiger partial charge in [-0.1, -0.05) is 26.0 Å². The molecule has 1 saturated heterocycles. The summed E-state index contributed by atoms with van der Waals surface area (Å²) in [5, 5.41) is 8.65. The summed E-state index contributed by atoms with van der Waals surface area (Å²) in [6.07, 6.45) is 5.71. The molecule has 0 radical (unpaired) electrons. The Kier molecular flexibility index (Phi) is 6.33. The number of rotatable bonds is 7. The second kappa shape index (κ2) is 9.71. The molecule has 3 atom stereocenters. The number of aromatic nitrogens is 5. The van der Waals surface area contributed by atoms with Crippen LogP contribution >= 0.6 is 15.9 Å². The molecular weight excluding hydrogens is 562 g/mol. The number of halogens is 1. The number of carbonyl (C=O) groups excluding carboxylic acids is 2. The molecule has 1 aromatic carbocycles. The van der Waals surface area contributed by atoms with Gasteiger partial charge in [0.05, 0.1) is 18.3 Å². The Bertz CT molecular complexity index is 1590. The number of pyridine rings is 1. The van der Waals surface area contributed by atoms with Crippen molar-refractivity contribution in [1.29, 1.82) is 0 Å². The van der Waals surface area contributed by atoms with Crippen LogP contribution in [0.15, 0.2) is 53.4 Å². The second-order valence-corrected chi connectivity index (χ2v) is 11.2. The minimum Gasteiger partial charge on any atom is -0.467 e. The van der Waals surface area contributed by atoms with Crippen molar-refractivity contribution in [3.05, 3.63) is 59.1 Å². The normalized spacial score (nSPS) is 21.6. The quantitative estimate of drug-likeness (QED) is 0.320. The molecule has 200 valence electrons.